The number of carboxylic acid groups (broad SMARTS) is 1. The second kappa shape index (κ2) is 6.04. The number of amides is 1. The smallest absolute Gasteiger partial charge is 0.408 e. The first-order valence-corrected chi connectivity index (χ1v) is 7.31. The van der Waals surface area contributed by atoms with E-state index >= 15 is 0 Å². The van der Waals surface area contributed by atoms with Crippen LogP contribution in [0.1, 0.15) is 39.4 Å². The molecule has 1 aliphatic heterocycles. The van der Waals surface area contributed by atoms with Crippen molar-refractivity contribution in [1.82, 2.24) is 4.90 Å². The SMILES string of the molecule is C[C@@H]([C@H](O)c1ccc2c(c1)OCCO2)N(C(=O)O)C(C)(C)C. The number of ether oxygens (including phenoxy) is 2. The Morgan fingerprint density at radius 3 is 2.36 bits per heavy atom. The van der Waals surface area contributed by atoms with Gasteiger partial charge in [0.05, 0.1) is 12.1 Å². The molecule has 1 aliphatic rings. The van der Waals surface area contributed by atoms with Crippen LogP contribution in [0.15, 0.2) is 18.2 Å². The summed E-state index contributed by atoms with van der Waals surface area (Å²) in [5, 5.41) is 20.0. The van der Waals surface area contributed by atoms with Crippen LogP contribution in [0.3, 0.4) is 0 Å². The van der Waals surface area contributed by atoms with Crippen LogP contribution in [0.2, 0.25) is 0 Å². The van der Waals surface area contributed by atoms with E-state index in [1.165, 1.54) is 4.90 Å². The van der Waals surface area contributed by atoms with E-state index < -0.39 is 23.8 Å². The molecule has 0 bridgehead atoms. The Hall–Kier alpha value is -1.95. The topological polar surface area (TPSA) is 79.2 Å². The Labute approximate surface area is 130 Å². The van der Waals surface area contributed by atoms with E-state index in [0.717, 1.165) is 0 Å². The van der Waals surface area contributed by atoms with Gasteiger partial charge in [-0.15, -0.1) is 0 Å². The normalized spacial score (nSPS) is 16.8. The maximum atomic E-state index is 11.5. The molecule has 0 spiro atoms. The highest BCUT2D eigenvalue weighted by Gasteiger charge is 2.35. The summed E-state index contributed by atoms with van der Waals surface area (Å²) in [5.74, 6) is 1.22. The summed E-state index contributed by atoms with van der Waals surface area (Å²) < 4.78 is 11.0. The third-order valence-corrected chi connectivity index (χ3v) is 3.70. The number of aliphatic hydroxyl groups is 1. The van der Waals surface area contributed by atoms with Crippen LogP contribution in [-0.4, -0.2) is 46.0 Å². The molecule has 6 nitrogen and oxygen atoms in total. The van der Waals surface area contributed by atoms with E-state index in [-0.39, 0.29) is 0 Å². The monoisotopic (exact) mass is 309 g/mol. The van der Waals surface area contributed by atoms with Crippen molar-refractivity contribution in [3.05, 3.63) is 23.8 Å². The maximum Gasteiger partial charge on any atom is 0.408 e. The molecule has 2 N–H and O–H groups in total. The van der Waals surface area contributed by atoms with Gasteiger partial charge in [-0.2, -0.15) is 0 Å². The summed E-state index contributed by atoms with van der Waals surface area (Å²) in [4.78, 5) is 12.8. The van der Waals surface area contributed by atoms with Crippen molar-refractivity contribution < 1.29 is 24.5 Å². The number of carbonyl (C=O) groups is 1. The molecule has 0 saturated carbocycles. The van der Waals surface area contributed by atoms with Gasteiger partial charge in [0, 0.05) is 5.54 Å². The Kier molecular flexibility index (Phi) is 4.51. The van der Waals surface area contributed by atoms with E-state index in [1.807, 2.05) is 0 Å². The standard InChI is InChI=1S/C16H23NO5/c1-10(17(15(19)20)16(2,3)4)14(18)11-5-6-12-13(9-11)22-8-7-21-12/h5-6,9-10,14,18H,7-8H2,1-4H3,(H,19,20)/t10-,14-/m0/s1. The van der Waals surface area contributed by atoms with Gasteiger partial charge in [0.25, 0.3) is 0 Å². The summed E-state index contributed by atoms with van der Waals surface area (Å²) in [6.45, 7) is 8.06. The number of aliphatic hydroxyl groups excluding tert-OH is 1. The molecule has 2 atom stereocenters. The first-order valence-electron chi connectivity index (χ1n) is 7.31. The third-order valence-electron chi connectivity index (χ3n) is 3.70. The predicted octanol–water partition coefficient (Wildman–Crippen LogP) is 2.66. The van der Waals surface area contributed by atoms with Gasteiger partial charge in [0.15, 0.2) is 11.5 Å². The zero-order chi connectivity index (χ0) is 16.5. The van der Waals surface area contributed by atoms with Crippen molar-refractivity contribution in [2.24, 2.45) is 0 Å². The van der Waals surface area contributed by atoms with Crippen molar-refractivity contribution in [3.63, 3.8) is 0 Å². The quantitative estimate of drug-likeness (QED) is 0.897. The predicted molar refractivity (Wildman–Crippen MR) is 81.5 cm³/mol. The van der Waals surface area contributed by atoms with Gasteiger partial charge in [-0.3, -0.25) is 4.90 Å². The molecule has 0 radical (unpaired) electrons. The van der Waals surface area contributed by atoms with Crippen molar-refractivity contribution in [1.29, 1.82) is 0 Å². The van der Waals surface area contributed by atoms with Crippen molar-refractivity contribution in [3.8, 4) is 11.5 Å². The Bertz CT molecular complexity index is 552. The summed E-state index contributed by atoms with van der Waals surface area (Å²) in [6.07, 6.45) is -2.01. The summed E-state index contributed by atoms with van der Waals surface area (Å²) in [7, 11) is 0. The molecular weight excluding hydrogens is 286 g/mol. The number of benzene rings is 1. The molecule has 0 unspecified atom stereocenters. The van der Waals surface area contributed by atoms with Crippen LogP contribution in [0.4, 0.5) is 4.79 Å². The molecule has 1 amide bonds. The first kappa shape index (κ1) is 16.4. The van der Waals surface area contributed by atoms with Gasteiger partial charge < -0.3 is 19.7 Å². The van der Waals surface area contributed by atoms with Gasteiger partial charge in [-0.25, -0.2) is 4.79 Å². The van der Waals surface area contributed by atoms with E-state index in [4.69, 9.17) is 9.47 Å². The second-order valence-electron chi connectivity index (χ2n) is 6.41. The number of nitrogens with zero attached hydrogens (tertiary/aromatic N) is 1. The Morgan fingerprint density at radius 1 is 1.23 bits per heavy atom. The van der Waals surface area contributed by atoms with Gasteiger partial charge in [0.2, 0.25) is 0 Å². The van der Waals surface area contributed by atoms with Crippen molar-refractivity contribution >= 4 is 6.09 Å². The Morgan fingerprint density at radius 2 is 1.82 bits per heavy atom. The van der Waals surface area contributed by atoms with Crippen LogP contribution in [0.25, 0.3) is 0 Å². The van der Waals surface area contributed by atoms with Gasteiger partial charge in [-0.05, 0) is 45.4 Å². The average molecular weight is 309 g/mol. The molecule has 1 heterocycles. The van der Waals surface area contributed by atoms with Crippen LogP contribution in [0.5, 0.6) is 11.5 Å². The average Bonchev–Trinajstić information content (AvgIpc) is 2.44. The van der Waals surface area contributed by atoms with Gasteiger partial charge >= 0.3 is 6.09 Å². The van der Waals surface area contributed by atoms with Crippen LogP contribution >= 0.6 is 0 Å². The fourth-order valence-electron chi connectivity index (χ4n) is 2.74. The lowest BCUT2D eigenvalue weighted by molar-refractivity contribution is 0.0140. The minimum Gasteiger partial charge on any atom is -0.486 e. The van der Waals surface area contributed by atoms with E-state index in [0.29, 0.717) is 30.3 Å². The molecule has 0 saturated heterocycles. The lowest BCUT2D eigenvalue weighted by Gasteiger charge is -2.40. The molecule has 122 valence electrons. The minimum absolute atomic E-state index is 0.464. The number of rotatable bonds is 3. The molecule has 2 rings (SSSR count). The molecule has 0 aromatic heterocycles. The molecule has 22 heavy (non-hydrogen) atoms. The number of hydrogen-bond acceptors (Lipinski definition) is 4. The molecule has 0 fully saturated rings. The van der Waals surface area contributed by atoms with Crippen molar-refractivity contribution in [2.45, 2.75) is 45.4 Å². The lowest BCUT2D eigenvalue weighted by Crippen LogP contribution is -2.52. The number of fused-ring (bicyclic) bond motifs is 1. The van der Waals surface area contributed by atoms with E-state index in [1.54, 1.807) is 45.9 Å². The molecule has 0 aliphatic carbocycles. The highest BCUT2D eigenvalue weighted by molar-refractivity contribution is 5.66. The molecule has 6 heteroatoms. The minimum atomic E-state index is -1.06. The molecule has 1 aromatic carbocycles. The van der Waals surface area contributed by atoms with Crippen LogP contribution in [-0.2, 0) is 0 Å². The zero-order valence-corrected chi connectivity index (χ0v) is 13.4. The maximum absolute atomic E-state index is 11.5. The Balaban J connectivity index is 2.26. The highest BCUT2D eigenvalue weighted by Crippen LogP contribution is 2.35. The van der Waals surface area contributed by atoms with Gasteiger partial charge in [0.1, 0.15) is 13.2 Å². The van der Waals surface area contributed by atoms with Gasteiger partial charge in [-0.1, -0.05) is 6.07 Å². The number of hydrogen-bond donors (Lipinski definition) is 2. The van der Waals surface area contributed by atoms with E-state index in [9.17, 15) is 15.0 Å². The third kappa shape index (κ3) is 3.27. The van der Waals surface area contributed by atoms with Crippen LogP contribution in [0, 0.1) is 0 Å². The second-order valence-corrected chi connectivity index (χ2v) is 6.41. The van der Waals surface area contributed by atoms with Crippen molar-refractivity contribution in [2.75, 3.05) is 13.2 Å². The summed E-state index contributed by atoms with van der Waals surface area (Å²) in [6, 6.07) is 4.58. The lowest BCUT2D eigenvalue weighted by atomic mass is 9.97. The summed E-state index contributed by atoms with van der Waals surface area (Å²) >= 11 is 0. The fourth-order valence-corrected chi connectivity index (χ4v) is 2.74. The largest absolute Gasteiger partial charge is 0.486 e. The molecule has 1 aromatic rings. The highest BCUT2D eigenvalue weighted by atomic mass is 16.6. The zero-order valence-electron chi connectivity index (χ0n) is 13.4. The summed E-state index contributed by atoms with van der Waals surface area (Å²) in [5.41, 5.74) is -0.00713. The molecular formula is C16H23NO5. The first-order chi connectivity index (χ1) is 10.2. The van der Waals surface area contributed by atoms with E-state index in [2.05, 4.69) is 0 Å². The van der Waals surface area contributed by atoms with Crippen LogP contribution < -0.4 is 9.47 Å². The fraction of sp³-hybridized carbons (Fsp3) is 0.562.